The van der Waals surface area contributed by atoms with Gasteiger partial charge in [0.25, 0.3) is 5.91 Å². The largest absolute Gasteiger partial charge is 0.334 e. The van der Waals surface area contributed by atoms with Crippen molar-refractivity contribution < 1.29 is 18.4 Å². The van der Waals surface area contributed by atoms with E-state index in [0.717, 1.165) is 31.6 Å². The second kappa shape index (κ2) is 11.3. The summed E-state index contributed by atoms with van der Waals surface area (Å²) in [6, 6.07) is 4.04. The number of hydrogen-bond acceptors (Lipinski definition) is 5. The summed E-state index contributed by atoms with van der Waals surface area (Å²) >= 11 is 0. The van der Waals surface area contributed by atoms with Gasteiger partial charge in [0.1, 0.15) is 0 Å². The van der Waals surface area contributed by atoms with Gasteiger partial charge in [-0.2, -0.15) is 10.2 Å². The first-order valence-corrected chi connectivity index (χ1v) is 11.4. The molecule has 0 unspecified atom stereocenters. The van der Waals surface area contributed by atoms with Crippen LogP contribution in [0.2, 0.25) is 0 Å². The van der Waals surface area contributed by atoms with Gasteiger partial charge in [0.05, 0.1) is 23.6 Å². The lowest BCUT2D eigenvalue weighted by atomic mass is 10.1. The summed E-state index contributed by atoms with van der Waals surface area (Å²) in [5.41, 5.74) is 1.07. The van der Waals surface area contributed by atoms with E-state index in [9.17, 15) is 18.4 Å². The number of fused-ring (bicyclic) bond motifs is 1. The molecule has 0 radical (unpaired) electrons. The van der Waals surface area contributed by atoms with Crippen LogP contribution in [0.5, 0.6) is 0 Å². The van der Waals surface area contributed by atoms with Crippen LogP contribution in [0.3, 0.4) is 0 Å². The Labute approximate surface area is 193 Å². The minimum Gasteiger partial charge on any atom is -0.334 e. The molecule has 0 spiro atoms. The van der Waals surface area contributed by atoms with Gasteiger partial charge in [-0.1, -0.05) is 6.92 Å². The zero-order valence-corrected chi connectivity index (χ0v) is 19.4. The van der Waals surface area contributed by atoms with Gasteiger partial charge in [0.2, 0.25) is 5.91 Å². The van der Waals surface area contributed by atoms with Gasteiger partial charge in [0.15, 0.2) is 11.6 Å². The topological polar surface area (TPSA) is 69.6 Å². The molecule has 0 fully saturated rings. The van der Waals surface area contributed by atoms with E-state index < -0.39 is 11.6 Å². The second-order valence-corrected chi connectivity index (χ2v) is 8.49. The fraction of sp³-hybridized carbons (Fsp3) is 0.500. The molecule has 0 N–H and O–H groups in total. The van der Waals surface area contributed by atoms with Crippen LogP contribution in [0.4, 0.5) is 14.5 Å². The number of rotatable bonds is 3. The zero-order valence-electron chi connectivity index (χ0n) is 19.4. The molecule has 7 nitrogen and oxygen atoms in total. The van der Waals surface area contributed by atoms with Crippen molar-refractivity contribution in [1.82, 2.24) is 20.0 Å². The molecule has 1 aromatic carbocycles. The van der Waals surface area contributed by atoms with Crippen molar-refractivity contribution in [2.75, 3.05) is 31.1 Å². The van der Waals surface area contributed by atoms with E-state index in [0.29, 0.717) is 42.4 Å². The molecule has 2 aromatic rings. The minimum atomic E-state index is -1.02. The number of halogens is 2. The van der Waals surface area contributed by atoms with Gasteiger partial charge in [-0.05, 0) is 44.4 Å². The molecule has 3 rings (SSSR count). The molecule has 1 aromatic heterocycles. The monoisotopic (exact) mass is 459 g/mol. The first-order chi connectivity index (χ1) is 15.8. The number of aromatic nitrogens is 2. The highest BCUT2D eigenvalue weighted by Crippen LogP contribution is 2.28. The van der Waals surface area contributed by atoms with Crippen molar-refractivity contribution >= 4 is 17.5 Å². The summed E-state index contributed by atoms with van der Waals surface area (Å²) in [6.07, 6.45) is 4.48. The summed E-state index contributed by atoms with van der Waals surface area (Å²) in [7, 11) is 0. The standard InChI is InChI=1S/C24H31F2N5O2/c1-4-23(32)31-12-6-10-29(17(2)3)9-5-11-30(24(33)18-7-8-27-28-15-18)16-19-13-20(25)21(26)14-22(19)31/h7-8,13-15,17H,4-6,9-12,16H2,1-3H3. The van der Waals surface area contributed by atoms with Gasteiger partial charge in [-0.25, -0.2) is 8.78 Å². The average Bonchev–Trinajstić information content (AvgIpc) is 2.80. The van der Waals surface area contributed by atoms with Crippen LogP contribution in [0.1, 0.15) is 56.0 Å². The Morgan fingerprint density at radius 3 is 2.36 bits per heavy atom. The fourth-order valence-corrected chi connectivity index (χ4v) is 4.11. The molecule has 0 atom stereocenters. The van der Waals surface area contributed by atoms with Crippen LogP contribution in [-0.2, 0) is 11.3 Å². The van der Waals surface area contributed by atoms with Gasteiger partial charge < -0.3 is 14.7 Å². The van der Waals surface area contributed by atoms with Gasteiger partial charge in [-0.15, -0.1) is 0 Å². The van der Waals surface area contributed by atoms with Crippen LogP contribution < -0.4 is 4.90 Å². The lowest BCUT2D eigenvalue weighted by Gasteiger charge is -2.33. The summed E-state index contributed by atoms with van der Waals surface area (Å²) in [4.78, 5) is 31.5. The molecule has 0 aliphatic carbocycles. The van der Waals surface area contributed by atoms with E-state index in [1.54, 1.807) is 17.9 Å². The van der Waals surface area contributed by atoms with E-state index in [-0.39, 0.29) is 24.8 Å². The third kappa shape index (κ3) is 6.10. The number of carbonyl (C=O) groups is 2. The Bertz CT molecular complexity index is 971. The van der Waals surface area contributed by atoms with Crippen LogP contribution in [0.15, 0.2) is 30.6 Å². The van der Waals surface area contributed by atoms with Crippen molar-refractivity contribution in [2.24, 2.45) is 0 Å². The summed E-state index contributed by atoms with van der Waals surface area (Å²) in [6.45, 7) is 8.35. The summed E-state index contributed by atoms with van der Waals surface area (Å²) in [5.74, 6) is -2.47. The molecule has 2 heterocycles. The molecular formula is C24H31F2N5O2. The highest BCUT2D eigenvalue weighted by molar-refractivity contribution is 5.95. The Balaban J connectivity index is 2.05. The van der Waals surface area contributed by atoms with Gasteiger partial charge >= 0.3 is 0 Å². The molecule has 33 heavy (non-hydrogen) atoms. The summed E-state index contributed by atoms with van der Waals surface area (Å²) < 4.78 is 28.5. The van der Waals surface area contributed by atoms with Crippen LogP contribution >= 0.6 is 0 Å². The lowest BCUT2D eigenvalue weighted by Crippen LogP contribution is -2.40. The highest BCUT2D eigenvalue weighted by atomic mass is 19.2. The molecule has 1 aliphatic heterocycles. The maximum Gasteiger partial charge on any atom is 0.255 e. The van der Waals surface area contributed by atoms with E-state index in [1.165, 1.54) is 17.3 Å². The number of hydrogen-bond donors (Lipinski definition) is 0. The average molecular weight is 460 g/mol. The van der Waals surface area contributed by atoms with E-state index >= 15 is 0 Å². The number of amides is 2. The Kier molecular flexibility index (Phi) is 8.43. The van der Waals surface area contributed by atoms with Crippen molar-refractivity contribution in [3.05, 3.63) is 53.4 Å². The van der Waals surface area contributed by atoms with Gasteiger partial charge in [-0.3, -0.25) is 9.59 Å². The third-order valence-electron chi connectivity index (χ3n) is 5.93. The maximum absolute atomic E-state index is 14.3. The number of carbonyl (C=O) groups excluding carboxylic acids is 2. The van der Waals surface area contributed by atoms with Crippen LogP contribution in [0.25, 0.3) is 0 Å². The number of benzene rings is 1. The zero-order chi connectivity index (χ0) is 24.0. The molecular weight excluding hydrogens is 428 g/mol. The first-order valence-electron chi connectivity index (χ1n) is 11.4. The van der Waals surface area contributed by atoms with Crippen molar-refractivity contribution in [2.45, 2.75) is 52.6 Å². The molecule has 0 bridgehead atoms. The maximum atomic E-state index is 14.3. The molecule has 0 saturated heterocycles. The lowest BCUT2D eigenvalue weighted by molar-refractivity contribution is -0.118. The second-order valence-electron chi connectivity index (χ2n) is 8.49. The van der Waals surface area contributed by atoms with Crippen molar-refractivity contribution in [1.29, 1.82) is 0 Å². The first kappa shape index (κ1) is 24.7. The Hall–Kier alpha value is -2.94. The highest BCUT2D eigenvalue weighted by Gasteiger charge is 2.25. The molecule has 9 heteroatoms. The normalized spacial score (nSPS) is 16.2. The predicted octanol–water partition coefficient (Wildman–Crippen LogP) is 3.64. The molecule has 1 aliphatic rings. The van der Waals surface area contributed by atoms with E-state index in [4.69, 9.17) is 0 Å². The fourth-order valence-electron chi connectivity index (χ4n) is 4.11. The number of nitrogens with zero attached hydrogens (tertiary/aromatic N) is 5. The Morgan fingerprint density at radius 1 is 1.03 bits per heavy atom. The molecule has 178 valence electrons. The molecule has 2 amide bonds. The SMILES string of the molecule is CCC(=O)N1CCCN(C(C)C)CCCN(C(=O)c2ccnnc2)Cc2cc(F)c(F)cc21. The molecule has 0 saturated carbocycles. The van der Waals surface area contributed by atoms with Crippen LogP contribution in [-0.4, -0.2) is 64.0 Å². The predicted molar refractivity (Wildman–Crippen MR) is 122 cm³/mol. The quantitative estimate of drug-likeness (QED) is 0.701. The Morgan fingerprint density at radius 2 is 1.73 bits per heavy atom. The van der Waals surface area contributed by atoms with Gasteiger partial charge in [0, 0.05) is 51.3 Å². The van der Waals surface area contributed by atoms with Crippen molar-refractivity contribution in [3.63, 3.8) is 0 Å². The van der Waals surface area contributed by atoms with E-state index in [2.05, 4.69) is 28.9 Å². The summed E-state index contributed by atoms with van der Waals surface area (Å²) in [5, 5.41) is 7.51. The van der Waals surface area contributed by atoms with E-state index in [1.807, 2.05) is 0 Å². The number of anilines is 1. The van der Waals surface area contributed by atoms with Crippen LogP contribution in [0, 0.1) is 11.6 Å². The third-order valence-corrected chi connectivity index (χ3v) is 5.93. The minimum absolute atomic E-state index is 0.0445. The smallest absolute Gasteiger partial charge is 0.255 e. The van der Waals surface area contributed by atoms with Crippen molar-refractivity contribution in [3.8, 4) is 0 Å².